The number of ether oxygens (including phenoxy) is 1. The topological polar surface area (TPSA) is 63.7 Å². The Hall–Kier alpha value is -0.830. The van der Waals surface area contributed by atoms with Crippen LogP contribution in [0.2, 0.25) is 0 Å². The Morgan fingerprint density at radius 1 is 1.40 bits per heavy atom. The van der Waals surface area contributed by atoms with E-state index in [2.05, 4.69) is 22.6 Å². The lowest BCUT2D eigenvalue weighted by molar-refractivity contribution is -0.121. The van der Waals surface area contributed by atoms with Gasteiger partial charge in [0.1, 0.15) is 15.6 Å². The summed E-state index contributed by atoms with van der Waals surface area (Å²) in [5.41, 5.74) is 0.724. The molecule has 0 saturated heterocycles. The highest BCUT2D eigenvalue weighted by atomic mass is 127. The van der Waals surface area contributed by atoms with Crippen LogP contribution in [0.15, 0.2) is 18.2 Å². The molecule has 0 aromatic heterocycles. The fourth-order valence-electron chi connectivity index (χ4n) is 2.01. The molecule has 0 spiro atoms. The zero-order valence-corrected chi connectivity index (χ0v) is 14.1. The summed E-state index contributed by atoms with van der Waals surface area (Å²) in [6.45, 7) is 2.04. The van der Waals surface area contributed by atoms with Gasteiger partial charge in [-0.05, 0) is 47.2 Å². The Morgan fingerprint density at radius 3 is 2.85 bits per heavy atom. The molecule has 0 aliphatic carbocycles. The molecule has 1 aromatic carbocycles. The molecule has 1 aliphatic rings. The molecule has 0 atom stereocenters. The van der Waals surface area contributed by atoms with Crippen molar-refractivity contribution < 1.29 is 17.9 Å². The van der Waals surface area contributed by atoms with Gasteiger partial charge in [0.05, 0.1) is 11.4 Å². The van der Waals surface area contributed by atoms with Gasteiger partial charge in [0, 0.05) is 15.9 Å². The zero-order valence-electron chi connectivity index (χ0n) is 11.1. The summed E-state index contributed by atoms with van der Waals surface area (Å²) in [6, 6.07) is 5.62. The first-order valence-electron chi connectivity index (χ1n) is 6.36. The SMILES string of the molecule is CCS(=O)(=O)CCCN1C(=O)COc2ccc(I)cc21. The van der Waals surface area contributed by atoms with Gasteiger partial charge in [0.15, 0.2) is 6.61 Å². The van der Waals surface area contributed by atoms with Crippen LogP contribution in [-0.4, -0.2) is 39.0 Å². The molecule has 7 heteroatoms. The third kappa shape index (κ3) is 3.63. The highest BCUT2D eigenvalue weighted by Crippen LogP contribution is 2.33. The number of halogens is 1. The average Bonchev–Trinajstić information content (AvgIpc) is 2.41. The zero-order chi connectivity index (χ0) is 14.8. The van der Waals surface area contributed by atoms with Crippen molar-refractivity contribution in [3.05, 3.63) is 21.8 Å². The van der Waals surface area contributed by atoms with Gasteiger partial charge in [-0.1, -0.05) is 6.92 Å². The molecule has 110 valence electrons. The molecule has 0 bridgehead atoms. The standard InChI is InChI=1S/C13H16INO4S/c1-2-20(17,18)7-3-6-15-11-8-10(14)4-5-12(11)19-9-13(15)16/h4-5,8H,2-3,6-7,9H2,1H3. The molecule has 2 rings (SSSR count). The Labute approximate surface area is 132 Å². The molecule has 0 fully saturated rings. The van der Waals surface area contributed by atoms with Crippen molar-refractivity contribution in [1.29, 1.82) is 0 Å². The molecule has 1 aliphatic heterocycles. The van der Waals surface area contributed by atoms with Crippen molar-refractivity contribution in [1.82, 2.24) is 0 Å². The average molecular weight is 409 g/mol. The van der Waals surface area contributed by atoms with E-state index in [-0.39, 0.29) is 24.0 Å². The first kappa shape index (κ1) is 15.6. The molecule has 1 amide bonds. The Kier molecular flexibility index (Phi) is 4.90. The minimum absolute atomic E-state index is 0.00806. The normalized spacial score (nSPS) is 14.9. The number of carbonyl (C=O) groups is 1. The van der Waals surface area contributed by atoms with E-state index in [1.54, 1.807) is 11.8 Å². The monoisotopic (exact) mass is 409 g/mol. The summed E-state index contributed by atoms with van der Waals surface area (Å²) in [4.78, 5) is 13.6. The van der Waals surface area contributed by atoms with Crippen molar-refractivity contribution in [2.45, 2.75) is 13.3 Å². The van der Waals surface area contributed by atoms with E-state index < -0.39 is 9.84 Å². The fraction of sp³-hybridized carbons (Fsp3) is 0.462. The summed E-state index contributed by atoms with van der Waals surface area (Å²) in [5.74, 6) is 0.781. The molecule has 0 saturated carbocycles. The Balaban J connectivity index is 2.12. The van der Waals surface area contributed by atoms with Gasteiger partial charge in [-0.15, -0.1) is 0 Å². The predicted octanol–water partition coefficient (Wildman–Crippen LogP) is 1.84. The summed E-state index contributed by atoms with van der Waals surface area (Å²) in [6.07, 6.45) is 0.437. The second-order valence-corrected chi connectivity index (χ2v) is 8.25. The van der Waals surface area contributed by atoms with Crippen molar-refractivity contribution in [2.24, 2.45) is 0 Å². The molecule has 5 nitrogen and oxygen atoms in total. The van der Waals surface area contributed by atoms with Gasteiger partial charge in [0.2, 0.25) is 0 Å². The second kappa shape index (κ2) is 6.30. The van der Waals surface area contributed by atoms with E-state index in [4.69, 9.17) is 4.74 Å². The maximum Gasteiger partial charge on any atom is 0.265 e. The molecule has 20 heavy (non-hydrogen) atoms. The number of sulfone groups is 1. The number of nitrogens with zero attached hydrogens (tertiary/aromatic N) is 1. The molecule has 0 radical (unpaired) electrons. The minimum Gasteiger partial charge on any atom is -0.482 e. The van der Waals surface area contributed by atoms with Crippen LogP contribution in [0.3, 0.4) is 0 Å². The van der Waals surface area contributed by atoms with Gasteiger partial charge in [0.25, 0.3) is 5.91 Å². The van der Waals surface area contributed by atoms with Crippen molar-refractivity contribution in [3.63, 3.8) is 0 Å². The molecular weight excluding hydrogens is 393 g/mol. The number of anilines is 1. The summed E-state index contributed by atoms with van der Waals surface area (Å²) >= 11 is 2.17. The number of hydrogen-bond acceptors (Lipinski definition) is 4. The minimum atomic E-state index is -2.99. The van der Waals surface area contributed by atoms with Gasteiger partial charge in [-0.25, -0.2) is 8.42 Å². The highest BCUT2D eigenvalue weighted by Gasteiger charge is 2.25. The van der Waals surface area contributed by atoms with Gasteiger partial charge in [-0.3, -0.25) is 4.79 Å². The Bertz CT molecular complexity index is 615. The van der Waals surface area contributed by atoms with Crippen molar-refractivity contribution in [2.75, 3.05) is 29.6 Å². The number of carbonyl (C=O) groups excluding carboxylic acids is 1. The van der Waals surface area contributed by atoms with Gasteiger partial charge >= 0.3 is 0 Å². The van der Waals surface area contributed by atoms with Gasteiger partial charge < -0.3 is 9.64 Å². The Morgan fingerprint density at radius 2 is 2.15 bits per heavy atom. The van der Waals surface area contributed by atoms with E-state index in [1.807, 2.05) is 18.2 Å². The molecule has 0 unspecified atom stereocenters. The molecule has 1 heterocycles. The summed E-state index contributed by atoms with van der Waals surface area (Å²) in [5, 5.41) is 0. The number of amides is 1. The largest absolute Gasteiger partial charge is 0.482 e. The van der Waals surface area contributed by atoms with E-state index in [0.717, 1.165) is 9.26 Å². The van der Waals surface area contributed by atoms with E-state index in [1.165, 1.54) is 0 Å². The number of hydrogen-bond donors (Lipinski definition) is 0. The van der Waals surface area contributed by atoms with Crippen LogP contribution in [0.25, 0.3) is 0 Å². The molecule has 1 aromatic rings. The van der Waals surface area contributed by atoms with Gasteiger partial charge in [-0.2, -0.15) is 0 Å². The van der Waals surface area contributed by atoms with Crippen LogP contribution < -0.4 is 9.64 Å². The van der Waals surface area contributed by atoms with Crippen molar-refractivity contribution >= 4 is 44.0 Å². The smallest absolute Gasteiger partial charge is 0.265 e. The highest BCUT2D eigenvalue weighted by molar-refractivity contribution is 14.1. The van der Waals surface area contributed by atoms with Crippen molar-refractivity contribution in [3.8, 4) is 5.75 Å². The van der Waals surface area contributed by atoms with Crippen LogP contribution in [0.1, 0.15) is 13.3 Å². The third-order valence-corrected chi connectivity index (χ3v) is 5.60. The first-order valence-corrected chi connectivity index (χ1v) is 9.26. The maximum atomic E-state index is 11.9. The second-order valence-electron chi connectivity index (χ2n) is 4.54. The first-order chi connectivity index (χ1) is 9.43. The third-order valence-electron chi connectivity index (χ3n) is 3.14. The van der Waals surface area contributed by atoms with Crippen LogP contribution in [-0.2, 0) is 14.6 Å². The van der Waals surface area contributed by atoms with E-state index in [0.29, 0.717) is 18.7 Å². The quantitative estimate of drug-likeness (QED) is 0.697. The number of rotatable bonds is 5. The van der Waals surface area contributed by atoms with Crippen LogP contribution >= 0.6 is 22.6 Å². The van der Waals surface area contributed by atoms with E-state index >= 15 is 0 Å². The summed E-state index contributed by atoms with van der Waals surface area (Å²) < 4.78 is 29.4. The van der Waals surface area contributed by atoms with Crippen LogP contribution in [0, 0.1) is 3.57 Å². The lowest BCUT2D eigenvalue weighted by Gasteiger charge is -2.29. The maximum absolute atomic E-state index is 11.9. The lowest BCUT2D eigenvalue weighted by Crippen LogP contribution is -2.40. The predicted molar refractivity (Wildman–Crippen MR) is 86.0 cm³/mol. The summed E-state index contributed by atoms with van der Waals surface area (Å²) in [7, 11) is -2.99. The molecule has 0 N–H and O–H groups in total. The molecular formula is C13H16INO4S. The number of fused-ring (bicyclic) bond motifs is 1. The van der Waals surface area contributed by atoms with E-state index in [9.17, 15) is 13.2 Å². The van der Waals surface area contributed by atoms with Crippen LogP contribution in [0.4, 0.5) is 5.69 Å². The fourth-order valence-corrected chi connectivity index (χ4v) is 3.34. The van der Waals surface area contributed by atoms with Crippen LogP contribution in [0.5, 0.6) is 5.75 Å². The lowest BCUT2D eigenvalue weighted by atomic mass is 10.2. The number of benzene rings is 1.